The van der Waals surface area contributed by atoms with Crippen LogP contribution in [0.2, 0.25) is 0 Å². The summed E-state index contributed by atoms with van der Waals surface area (Å²) in [5.74, 6) is 0.691. The van der Waals surface area contributed by atoms with Gasteiger partial charge in [0.05, 0.1) is 11.3 Å². The van der Waals surface area contributed by atoms with Crippen molar-refractivity contribution in [3.63, 3.8) is 0 Å². The largest absolute Gasteiger partial charge is 0.396 e. The van der Waals surface area contributed by atoms with Gasteiger partial charge in [0.25, 0.3) is 0 Å². The van der Waals surface area contributed by atoms with Gasteiger partial charge in [0.15, 0.2) is 5.82 Å². The molecule has 0 aliphatic heterocycles. The number of benzene rings is 1. The van der Waals surface area contributed by atoms with Gasteiger partial charge >= 0.3 is 0 Å². The van der Waals surface area contributed by atoms with Crippen LogP contribution in [0, 0.1) is 18.3 Å². The molecule has 96 valence electrons. The second-order valence-corrected chi connectivity index (χ2v) is 4.28. The standard InChI is InChI=1S/C15H16N4/c1-3-19(14-7-5-4-6-11(14)2)15-13(17)8-12(9-16)10-18-15/h4-8,10H,3,17H2,1-2H3. The number of pyridine rings is 1. The Balaban J connectivity index is 2.49. The molecule has 4 nitrogen and oxygen atoms in total. The van der Waals surface area contributed by atoms with Crippen LogP contribution in [0.1, 0.15) is 18.1 Å². The van der Waals surface area contributed by atoms with E-state index in [0.717, 1.165) is 17.8 Å². The molecule has 1 heterocycles. The Morgan fingerprint density at radius 3 is 2.68 bits per heavy atom. The number of rotatable bonds is 3. The maximum Gasteiger partial charge on any atom is 0.156 e. The lowest BCUT2D eigenvalue weighted by molar-refractivity contribution is 0.984. The highest BCUT2D eigenvalue weighted by Crippen LogP contribution is 2.30. The van der Waals surface area contributed by atoms with E-state index in [1.165, 1.54) is 0 Å². The first-order chi connectivity index (χ1) is 9.17. The Morgan fingerprint density at radius 2 is 2.11 bits per heavy atom. The van der Waals surface area contributed by atoms with E-state index in [4.69, 9.17) is 11.0 Å². The highest BCUT2D eigenvalue weighted by molar-refractivity contribution is 5.73. The Hall–Kier alpha value is -2.54. The number of nitriles is 1. The molecule has 0 amide bonds. The van der Waals surface area contributed by atoms with Crippen molar-refractivity contribution in [2.24, 2.45) is 0 Å². The van der Waals surface area contributed by atoms with E-state index in [1.54, 1.807) is 12.3 Å². The molecule has 0 saturated heterocycles. The van der Waals surface area contributed by atoms with E-state index in [9.17, 15) is 0 Å². The molecular weight excluding hydrogens is 236 g/mol. The highest BCUT2D eigenvalue weighted by atomic mass is 15.2. The summed E-state index contributed by atoms with van der Waals surface area (Å²) in [7, 11) is 0. The molecule has 0 aliphatic carbocycles. The molecule has 1 aromatic heterocycles. The zero-order valence-electron chi connectivity index (χ0n) is 11.1. The average molecular weight is 252 g/mol. The maximum atomic E-state index is 8.85. The van der Waals surface area contributed by atoms with Crippen molar-refractivity contribution in [1.29, 1.82) is 5.26 Å². The summed E-state index contributed by atoms with van der Waals surface area (Å²) in [6.45, 7) is 4.86. The van der Waals surface area contributed by atoms with Crippen LogP contribution in [0.25, 0.3) is 0 Å². The molecule has 0 bridgehead atoms. The topological polar surface area (TPSA) is 65.9 Å². The zero-order valence-corrected chi connectivity index (χ0v) is 11.1. The molecule has 1 aromatic carbocycles. The van der Waals surface area contributed by atoms with Crippen molar-refractivity contribution >= 4 is 17.2 Å². The normalized spacial score (nSPS) is 9.95. The maximum absolute atomic E-state index is 8.85. The lowest BCUT2D eigenvalue weighted by atomic mass is 10.1. The number of aromatic nitrogens is 1. The molecule has 2 rings (SSSR count). The van der Waals surface area contributed by atoms with Crippen molar-refractivity contribution in [2.45, 2.75) is 13.8 Å². The van der Waals surface area contributed by atoms with Crippen molar-refractivity contribution < 1.29 is 0 Å². The second kappa shape index (κ2) is 5.40. The molecule has 0 radical (unpaired) electrons. The number of aryl methyl sites for hydroxylation is 1. The summed E-state index contributed by atoms with van der Waals surface area (Å²) in [6, 6.07) is 11.8. The fourth-order valence-corrected chi connectivity index (χ4v) is 2.06. The molecular formula is C15H16N4. The third-order valence-electron chi connectivity index (χ3n) is 3.00. The van der Waals surface area contributed by atoms with E-state index in [0.29, 0.717) is 17.1 Å². The number of anilines is 3. The number of para-hydroxylation sites is 1. The second-order valence-electron chi connectivity index (χ2n) is 4.28. The van der Waals surface area contributed by atoms with Crippen molar-refractivity contribution in [1.82, 2.24) is 4.98 Å². The molecule has 0 spiro atoms. The summed E-state index contributed by atoms with van der Waals surface area (Å²) in [4.78, 5) is 6.36. The molecule has 4 heteroatoms. The molecule has 0 fully saturated rings. The van der Waals surface area contributed by atoms with Crippen LogP contribution in [-0.2, 0) is 0 Å². The minimum Gasteiger partial charge on any atom is -0.396 e. The number of nitrogen functional groups attached to an aromatic ring is 1. The Kier molecular flexibility index (Phi) is 3.67. The van der Waals surface area contributed by atoms with Crippen LogP contribution in [0.4, 0.5) is 17.2 Å². The van der Waals surface area contributed by atoms with Crippen molar-refractivity contribution in [3.8, 4) is 6.07 Å². The van der Waals surface area contributed by atoms with Crippen LogP contribution in [0.15, 0.2) is 36.5 Å². The minimum atomic E-state index is 0.474. The summed E-state index contributed by atoms with van der Waals surface area (Å²) < 4.78 is 0. The fourth-order valence-electron chi connectivity index (χ4n) is 2.06. The molecule has 0 atom stereocenters. The van der Waals surface area contributed by atoms with E-state index in [-0.39, 0.29) is 0 Å². The van der Waals surface area contributed by atoms with Crippen LogP contribution >= 0.6 is 0 Å². The molecule has 19 heavy (non-hydrogen) atoms. The first-order valence-electron chi connectivity index (χ1n) is 6.16. The van der Waals surface area contributed by atoms with E-state index in [2.05, 4.69) is 18.0 Å². The fraction of sp³-hybridized carbons (Fsp3) is 0.200. The zero-order chi connectivity index (χ0) is 13.8. The quantitative estimate of drug-likeness (QED) is 0.911. The smallest absolute Gasteiger partial charge is 0.156 e. The lowest BCUT2D eigenvalue weighted by Gasteiger charge is -2.25. The van der Waals surface area contributed by atoms with E-state index in [1.807, 2.05) is 36.1 Å². The number of hydrogen-bond donors (Lipinski definition) is 1. The Bertz CT molecular complexity index is 628. The summed E-state index contributed by atoms with van der Waals surface area (Å²) in [5, 5.41) is 8.85. The van der Waals surface area contributed by atoms with Gasteiger partial charge in [0.2, 0.25) is 0 Å². The van der Waals surface area contributed by atoms with E-state index < -0.39 is 0 Å². The summed E-state index contributed by atoms with van der Waals surface area (Å²) in [6.07, 6.45) is 1.55. The number of nitrogens with zero attached hydrogens (tertiary/aromatic N) is 3. The van der Waals surface area contributed by atoms with Crippen LogP contribution < -0.4 is 10.6 Å². The third-order valence-corrected chi connectivity index (χ3v) is 3.00. The van der Waals surface area contributed by atoms with Crippen LogP contribution in [0.5, 0.6) is 0 Å². The molecule has 0 unspecified atom stereocenters. The lowest BCUT2D eigenvalue weighted by Crippen LogP contribution is -2.19. The van der Waals surface area contributed by atoms with Gasteiger partial charge in [-0.3, -0.25) is 0 Å². The van der Waals surface area contributed by atoms with Gasteiger partial charge in [0.1, 0.15) is 6.07 Å². The molecule has 2 aromatic rings. The number of nitrogens with two attached hydrogens (primary N) is 1. The Morgan fingerprint density at radius 1 is 1.37 bits per heavy atom. The van der Waals surface area contributed by atoms with Gasteiger partial charge in [-0.25, -0.2) is 4.98 Å². The predicted octanol–water partition coefficient (Wildman–Crippen LogP) is 3.00. The predicted molar refractivity (Wildman–Crippen MR) is 77.2 cm³/mol. The van der Waals surface area contributed by atoms with Gasteiger partial charge in [-0.2, -0.15) is 5.26 Å². The first-order valence-corrected chi connectivity index (χ1v) is 6.16. The minimum absolute atomic E-state index is 0.474. The third kappa shape index (κ3) is 2.50. The van der Waals surface area contributed by atoms with Crippen LogP contribution in [0.3, 0.4) is 0 Å². The Labute approximate surface area is 113 Å². The molecule has 0 saturated carbocycles. The number of hydrogen-bond acceptors (Lipinski definition) is 4. The molecule has 0 aliphatic rings. The SMILES string of the molecule is CCN(c1ccccc1C)c1ncc(C#N)cc1N. The highest BCUT2D eigenvalue weighted by Gasteiger charge is 2.14. The summed E-state index contributed by atoms with van der Waals surface area (Å²) >= 11 is 0. The van der Waals surface area contributed by atoms with Gasteiger partial charge in [-0.15, -0.1) is 0 Å². The van der Waals surface area contributed by atoms with Gasteiger partial charge in [-0.05, 0) is 31.5 Å². The average Bonchev–Trinajstić information content (AvgIpc) is 2.43. The monoisotopic (exact) mass is 252 g/mol. The van der Waals surface area contributed by atoms with Gasteiger partial charge in [-0.1, -0.05) is 18.2 Å². The van der Waals surface area contributed by atoms with Crippen molar-refractivity contribution in [2.75, 3.05) is 17.2 Å². The summed E-state index contributed by atoms with van der Waals surface area (Å²) in [5.41, 5.74) is 9.24. The van der Waals surface area contributed by atoms with Crippen molar-refractivity contribution in [3.05, 3.63) is 47.7 Å². The molecule has 2 N–H and O–H groups in total. The van der Waals surface area contributed by atoms with Crippen LogP contribution in [-0.4, -0.2) is 11.5 Å². The first kappa shape index (κ1) is 12.9. The van der Waals surface area contributed by atoms with Gasteiger partial charge < -0.3 is 10.6 Å². The van der Waals surface area contributed by atoms with E-state index >= 15 is 0 Å². The van der Waals surface area contributed by atoms with Gasteiger partial charge in [0, 0.05) is 18.4 Å².